The third-order valence-corrected chi connectivity index (χ3v) is 7.07. The van der Waals surface area contributed by atoms with Crippen LogP contribution in [0.2, 0.25) is 19.6 Å². The van der Waals surface area contributed by atoms with Crippen molar-refractivity contribution in [3.63, 3.8) is 0 Å². The molecule has 0 bridgehead atoms. The van der Waals surface area contributed by atoms with Gasteiger partial charge in [0.25, 0.3) is 0 Å². The van der Waals surface area contributed by atoms with Gasteiger partial charge < -0.3 is 0 Å². The highest BCUT2D eigenvalue weighted by Gasteiger charge is 2.35. The Hall–Kier alpha value is -0.563. The monoisotopic (exact) mass is 260 g/mol. The molecule has 0 amide bonds. The summed E-state index contributed by atoms with van der Waals surface area (Å²) in [5, 5.41) is 1.85. The molecule has 0 saturated heterocycles. The van der Waals surface area contributed by atoms with Gasteiger partial charge >= 0.3 is 0 Å². The van der Waals surface area contributed by atoms with E-state index in [1.54, 1.807) is 11.1 Å². The van der Waals surface area contributed by atoms with Crippen LogP contribution in [-0.4, -0.2) is 8.07 Å². The second-order valence-corrected chi connectivity index (χ2v) is 12.5. The molecule has 0 saturated carbocycles. The van der Waals surface area contributed by atoms with E-state index in [2.05, 4.69) is 46.1 Å². The molecule has 0 nitrogen and oxygen atoms in total. The normalized spacial score (nSPS) is 28.2. The van der Waals surface area contributed by atoms with E-state index in [4.69, 9.17) is 0 Å². The van der Waals surface area contributed by atoms with Crippen molar-refractivity contribution in [3.05, 3.63) is 34.6 Å². The second kappa shape index (κ2) is 4.84. The summed E-state index contributed by atoms with van der Waals surface area (Å²) in [5.74, 6) is 1.53. The maximum atomic E-state index is 4.15. The van der Waals surface area contributed by atoms with Crippen molar-refractivity contribution in [2.75, 3.05) is 0 Å². The van der Waals surface area contributed by atoms with E-state index in [1.165, 1.54) is 31.3 Å². The zero-order valence-corrected chi connectivity index (χ0v) is 13.8. The van der Waals surface area contributed by atoms with Crippen molar-refractivity contribution in [3.8, 4) is 0 Å². The Balaban J connectivity index is 2.02. The summed E-state index contributed by atoms with van der Waals surface area (Å²) in [7, 11) is -0.989. The molecule has 0 aromatic rings. The zero-order valence-electron chi connectivity index (χ0n) is 12.8. The van der Waals surface area contributed by atoms with Gasteiger partial charge in [0.15, 0.2) is 0 Å². The number of allylic oxidation sites excluding steroid dienone is 5. The number of hydrogen-bond acceptors (Lipinski definition) is 0. The van der Waals surface area contributed by atoms with Crippen LogP contribution < -0.4 is 0 Å². The molecule has 100 valence electrons. The Morgan fingerprint density at radius 3 is 2.56 bits per heavy atom. The van der Waals surface area contributed by atoms with E-state index < -0.39 is 8.07 Å². The van der Waals surface area contributed by atoms with E-state index in [1.807, 2.05) is 5.20 Å². The maximum Gasteiger partial charge on any atom is 0.0728 e. The third-order valence-electron chi connectivity index (χ3n) is 4.72. The van der Waals surface area contributed by atoms with Crippen LogP contribution in [-0.2, 0) is 0 Å². The average molecular weight is 260 g/mol. The molecule has 1 heteroatoms. The molecular weight excluding hydrogens is 232 g/mol. The Labute approximate surface area is 114 Å². The van der Waals surface area contributed by atoms with Gasteiger partial charge in [-0.2, -0.15) is 0 Å². The van der Waals surface area contributed by atoms with Crippen molar-refractivity contribution < 1.29 is 0 Å². The summed E-state index contributed by atoms with van der Waals surface area (Å²) in [6, 6.07) is 0. The first-order valence-corrected chi connectivity index (χ1v) is 10.8. The van der Waals surface area contributed by atoms with E-state index in [0.717, 1.165) is 11.8 Å². The molecule has 0 heterocycles. The largest absolute Gasteiger partial charge is 0.0998 e. The minimum atomic E-state index is -0.989. The highest BCUT2D eigenvalue weighted by Crippen LogP contribution is 2.45. The summed E-state index contributed by atoms with van der Waals surface area (Å²) >= 11 is 0. The van der Waals surface area contributed by atoms with Crippen molar-refractivity contribution >= 4 is 8.07 Å². The molecule has 0 aromatic carbocycles. The van der Waals surface area contributed by atoms with Gasteiger partial charge in [-0.15, -0.1) is 0 Å². The quantitative estimate of drug-likeness (QED) is 0.462. The molecule has 0 spiro atoms. The molecule has 0 N–H and O–H groups in total. The van der Waals surface area contributed by atoms with Gasteiger partial charge in [-0.05, 0) is 51.4 Å². The number of hydrogen-bond donors (Lipinski definition) is 0. The highest BCUT2D eigenvalue weighted by atomic mass is 28.3. The van der Waals surface area contributed by atoms with Gasteiger partial charge in [0.1, 0.15) is 0 Å². The van der Waals surface area contributed by atoms with Gasteiger partial charge in [-0.1, -0.05) is 54.2 Å². The first-order valence-electron chi connectivity index (χ1n) is 7.32. The van der Waals surface area contributed by atoms with E-state index in [-0.39, 0.29) is 0 Å². The molecule has 0 aromatic heterocycles. The predicted octanol–water partition coefficient (Wildman–Crippen LogP) is 5.50. The lowest BCUT2D eigenvalue weighted by atomic mass is 9.77. The van der Waals surface area contributed by atoms with E-state index in [0.29, 0.717) is 0 Å². The minimum Gasteiger partial charge on any atom is -0.0998 e. The first kappa shape index (κ1) is 13.9. The lowest BCUT2D eigenvalue weighted by Crippen LogP contribution is -2.18. The van der Waals surface area contributed by atoms with Crippen molar-refractivity contribution in [1.29, 1.82) is 0 Å². The van der Waals surface area contributed by atoms with Crippen LogP contribution in [0.15, 0.2) is 34.6 Å². The van der Waals surface area contributed by atoms with Crippen molar-refractivity contribution in [1.82, 2.24) is 0 Å². The van der Waals surface area contributed by atoms with E-state index in [9.17, 15) is 0 Å². The van der Waals surface area contributed by atoms with Gasteiger partial charge in [0, 0.05) is 0 Å². The summed E-state index contributed by atoms with van der Waals surface area (Å²) in [6.07, 6.45) is 7.71. The van der Waals surface area contributed by atoms with E-state index >= 15 is 0 Å². The Morgan fingerprint density at radius 1 is 1.39 bits per heavy atom. The van der Waals surface area contributed by atoms with Crippen molar-refractivity contribution in [2.24, 2.45) is 11.8 Å². The molecule has 18 heavy (non-hydrogen) atoms. The van der Waals surface area contributed by atoms with Crippen LogP contribution in [0.3, 0.4) is 0 Å². The van der Waals surface area contributed by atoms with Crippen LogP contribution in [0, 0.1) is 11.8 Å². The Bertz CT molecular complexity index is 417. The van der Waals surface area contributed by atoms with Crippen LogP contribution in [0.4, 0.5) is 0 Å². The van der Waals surface area contributed by atoms with Crippen LogP contribution >= 0.6 is 0 Å². The van der Waals surface area contributed by atoms with Crippen LogP contribution in [0.5, 0.6) is 0 Å². The fourth-order valence-electron chi connectivity index (χ4n) is 3.22. The molecule has 2 aliphatic carbocycles. The molecule has 0 aliphatic heterocycles. The smallest absolute Gasteiger partial charge is 0.0728 e. The molecule has 2 atom stereocenters. The fraction of sp³-hybridized carbons (Fsp3) is 0.647. The van der Waals surface area contributed by atoms with Gasteiger partial charge in [-0.3, -0.25) is 0 Å². The lowest BCUT2D eigenvalue weighted by molar-refractivity contribution is 0.424. The predicted molar refractivity (Wildman–Crippen MR) is 84.4 cm³/mol. The highest BCUT2D eigenvalue weighted by molar-refractivity contribution is 6.84. The zero-order chi connectivity index (χ0) is 13.5. The first-order chi connectivity index (χ1) is 8.29. The second-order valence-electron chi connectivity index (χ2n) is 7.37. The molecule has 2 rings (SSSR count). The third kappa shape index (κ3) is 3.06. The minimum absolute atomic E-state index is 0.730. The average Bonchev–Trinajstić information content (AvgIpc) is 3.00. The van der Waals surface area contributed by atoms with Gasteiger partial charge in [0.2, 0.25) is 0 Å². The van der Waals surface area contributed by atoms with Crippen LogP contribution in [0.25, 0.3) is 0 Å². The molecule has 0 unspecified atom stereocenters. The summed E-state index contributed by atoms with van der Waals surface area (Å²) in [4.78, 5) is 0. The van der Waals surface area contributed by atoms with Crippen LogP contribution in [0.1, 0.15) is 39.5 Å². The maximum absolute atomic E-state index is 4.15. The number of rotatable bonds is 4. The molecule has 0 radical (unpaired) electrons. The van der Waals surface area contributed by atoms with Gasteiger partial charge in [-0.25, -0.2) is 0 Å². The lowest BCUT2D eigenvalue weighted by Gasteiger charge is -2.28. The SMILES string of the molecule is C=C(C)[C@H]1CC=C(C)[C@@H](CC2=C([Si](C)(C)C)C2)C1. The molecule has 0 fully saturated rings. The fourth-order valence-corrected chi connectivity index (χ4v) is 5.13. The molecule has 2 aliphatic rings. The molecular formula is C17H28Si. The Kier molecular flexibility index (Phi) is 3.73. The topological polar surface area (TPSA) is 0 Å². The van der Waals surface area contributed by atoms with Gasteiger partial charge in [0.05, 0.1) is 8.07 Å². The summed E-state index contributed by atoms with van der Waals surface area (Å²) in [5.41, 5.74) is 4.80. The Morgan fingerprint density at radius 2 is 2.06 bits per heavy atom. The standard InChI is InChI=1S/C17H28Si/c1-12(2)14-8-7-13(3)15(9-14)10-16-11-17(16)18(4,5)6/h7,14-15H,1,8-11H2,2-6H3/t14-,15+/m0/s1. The summed E-state index contributed by atoms with van der Waals surface area (Å²) in [6.45, 7) is 16.1. The summed E-state index contributed by atoms with van der Waals surface area (Å²) < 4.78 is 0. The van der Waals surface area contributed by atoms with Crippen molar-refractivity contribution in [2.45, 2.75) is 59.2 Å².